The Balaban J connectivity index is 2.20. The van der Waals surface area contributed by atoms with E-state index in [0.29, 0.717) is 0 Å². The zero-order valence-corrected chi connectivity index (χ0v) is 6.94. The fourth-order valence-electron chi connectivity index (χ4n) is 1.22. The summed E-state index contributed by atoms with van der Waals surface area (Å²) in [6.07, 6.45) is 7.31. The van der Waals surface area contributed by atoms with Gasteiger partial charge in [0, 0.05) is 0 Å². The Bertz CT molecular complexity index is 321. The predicted molar refractivity (Wildman–Crippen MR) is 45.8 cm³/mol. The lowest BCUT2D eigenvalue weighted by molar-refractivity contribution is 0.736. The van der Waals surface area contributed by atoms with Crippen LogP contribution in [0, 0.1) is 0 Å². The van der Waals surface area contributed by atoms with Gasteiger partial charge in [0.2, 0.25) is 0 Å². The highest BCUT2D eigenvalue weighted by molar-refractivity contribution is 5.97. The summed E-state index contributed by atoms with van der Waals surface area (Å²) in [5.74, 6) is 0. The number of aromatic nitrogens is 3. The molecule has 0 bridgehead atoms. The molecule has 0 atom stereocenters. The van der Waals surface area contributed by atoms with Gasteiger partial charge in [-0.15, -0.1) is 9.89 Å². The quantitative estimate of drug-likeness (QED) is 0.623. The first kappa shape index (κ1) is 7.21. The molecule has 0 N–H and O–H groups in total. The molecular weight excluding hydrogens is 152 g/mol. The van der Waals surface area contributed by atoms with Gasteiger partial charge in [-0.05, 0) is 25.8 Å². The first-order valence-electron chi connectivity index (χ1n) is 3.94. The summed E-state index contributed by atoms with van der Waals surface area (Å²) in [5.41, 5.74) is 2.46. The lowest BCUT2D eigenvalue weighted by Crippen LogP contribution is -1.95. The third-order valence-electron chi connectivity index (χ3n) is 1.83. The smallest absolute Gasteiger partial charge is 0.139 e. The van der Waals surface area contributed by atoms with E-state index in [1.54, 1.807) is 6.33 Å². The van der Waals surface area contributed by atoms with Gasteiger partial charge in [-0.25, -0.2) is 4.98 Å². The Hall–Kier alpha value is -1.45. The molecule has 4 heteroatoms. The minimum atomic E-state index is 1.02. The summed E-state index contributed by atoms with van der Waals surface area (Å²) in [4.78, 5) is 5.30. The van der Waals surface area contributed by atoms with Crippen molar-refractivity contribution in [3.8, 4) is 0 Å². The Morgan fingerprint density at radius 1 is 1.50 bits per heavy atom. The lowest BCUT2D eigenvalue weighted by Gasteiger charge is -1.91. The molecule has 1 aliphatic rings. The standard InChI is InChI=1S/C8H10N4/c1-7-2-3-8(4-7)11-12-6-9-5-10-12/h4-6H,2-3H2,1H3/b11-8-. The Labute approximate surface area is 70.6 Å². The van der Waals surface area contributed by atoms with Gasteiger partial charge in [-0.1, -0.05) is 5.57 Å². The average Bonchev–Trinajstić information content (AvgIpc) is 2.63. The molecule has 0 spiro atoms. The average molecular weight is 162 g/mol. The maximum Gasteiger partial charge on any atom is 0.139 e. The Kier molecular flexibility index (Phi) is 1.74. The van der Waals surface area contributed by atoms with Crippen LogP contribution < -0.4 is 0 Å². The zero-order chi connectivity index (χ0) is 8.39. The molecule has 0 aromatic carbocycles. The third-order valence-corrected chi connectivity index (χ3v) is 1.83. The van der Waals surface area contributed by atoms with Crippen molar-refractivity contribution in [1.82, 2.24) is 14.9 Å². The predicted octanol–water partition coefficient (Wildman–Crippen LogP) is 1.22. The van der Waals surface area contributed by atoms with Gasteiger partial charge in [0.15, 0.2) is 0 Å². The minimum absolute atomic E-state index is 1.02. The van der Waals surface area contributed by atoms with Crippen molar-refractivity contribution >= 4 is 5.71 Å². The molecule has 0 saturated carbocycles. The van der Waals surface area contributed by atoms with Crippen LogP contribution in [0.5, 0.6) is 0 Å². The van der Waals surface area contributed by atoms with Crippen molar-refractivity contribution in [3.05, 3.63) is 24.3 Å². The molecule has 0 unspecified atom stereocenters. The van der Waals surface area contributed by atoms with E-state index >= 15 is 0 Å². The van der Waals surface area contributed by atoms with Crippen molar-refractivity contribution in [2.45, 2.75) is 19.8 Å². The molecular formula is C8H10N4. The largest absolute Gasteiger partial charge is 0.221 e. The molecule has 1 aliphatic carbocycles. The molecule has 0 amide bonds. The second-order valence-electron chi connectivity index (χ2n) is 2.90. The van der Waals surface area contributed by atoms with Crippen LogP contribution in [0.15, 0.2) is 29.4 Å². The molecule has 1 heterocycles. The summed E-state index contributed by atoms with van der Waals surface area (Å²) in [5, 5.41) is 8.15. The number of hydrogen-bond acceptors (Lipinski definition) is 3. The van der Waals surface area contributed by atoms with Gasteiger partial charge in [0.05, 0.1) is 5.71 Å². The molecule has 4 nitrogen and oxygen atoms in total. The van der Waals surface area contributed by atoms with Crippen LogP contribution in [0.4, 0.5) is 0 Å². The number of nitrogens with zero attached hydrogens (tertiary/aromatic N) is 4. The fourth-order valence-corrected chi connectivity index (χ4v) is 1.22. The molecule has 62 valence electrons. The molecule has 1 aromatic rings. The van der Waals surface area contributed by atoms with E-state index in [2.05, 4.69) is 28.2 Å². The summed E-state index contributed by atoms with van der Waals surface area (Å²) >= 11 is 0. The van der Waals surface area contributed by atoms with Crippen LogP contribution >= 0.6 is 0 Å². The fraction of sp³-hybridized carbons (Fsp3) is 0.375. The monoisotopic (exact) mass is 162 g/mol. The van der Waals surface area contributed by atoms with Crippen molar-refractivity contribution in [1.29, 1.82) is 0 Å². The van der Waals surface area contributed by atoms with E-state index in [0.717, 1.165) is 18.6 Å². The van der Waals surface area contributed by atoms with Gasteiger partial charge in [0.25, 0.3) is 0 Å². The van der Waals surface area contributed by atoms with E-state index in [1.165, 1.54) is 16.7 Å². The van der Waals surface area contributed by atoms with Crippen molar-refractivity contribution in [3.63, 3.8) is 0 Å². The highest BCUT2D eigenvalue weighted by Crippen LogP contribution is 2.14. The molecule has 1 aromatic heterocycles. The first-order valence-corrected chi connectivity index (χ1v) is 3.94. The molecule has 0 radical (unpaired) electrons. The summed E-state index contributed by atoms with van der Waals surface area (Å²) in [6, 6.07) is 0. The van der Waals surface area contributed by atoms with Gasteiger partial charge in [-0.3, -0.25) is 0 Å². The molecule has 0 aliphatic heterocycles. The molecule has 0 saturated heterocycles. The molecule has 2 rings (SSSR count). The number of hydrogen-bond donors (Lipinski definition) is 0. The highest BCUT2D eigenvalue weighted by atomic mass is 15.5. The summed E-state index contributed by atoms with van der Waals surface area (Å²) in [6.45, 7) is 2.11. The molecule has 0 fully saturated rings. The minimum Gasteiger partial charge on any atom is -0.221 e. The van der Waals surface area contributed by atoms with Crippen molar-refractivity contribution < 1.29 is 0 Å². The lowest BCUT2D eigenvalue weighted by atomic mass is 10.3. The second-order valence-corrected chi connectivity index (χ2v) is 2.90. The van der Waals surface area contributed by atoms with Gasteiger partial charge in [-0.2, -0.15) is 5.10 Å². The number of allylic oxidation sites excluding steroid dienone is 2. The topological polar surface area (TPSA) is 43.1 Å². The van der Waals surface area contributed by atoms with Crippen LogP contribution in [-0.4, -0.2) is 20.6 Å². The summed E-state index contributed by atoms with van der Waals surface area (Å²) < 4.78 is 0. The van der Waals surface area contributed by atoms with Gasteiger partial charge >= 0.3 is 0 Å². The Morgan fingerprint density at radius 2 is 2.42 bits per heavy atom. The van der Waals surface area contributed by atoms with Gasteiger partial charge in [0.1, 0.15) is 12.7 Å². The SMILES string of the molecule is CC1=C/C(=N\n2cncn2)CC1. The molecule has 12 heavy (non-hydrogen) atoms. The van der Waals surface area contributed by atoms with Crippen molar-refractivity contribution in [2.75, 3.05) is 0 Å². The van der Waals surface area contributed by atoms with Crippen LogP contribution in [0.25, 0.3) is 0 Å². The third kappa shape index (κ3) is 1.42. The van der Waals surface area contributed by atoms with E-state index in [1.807, 2.05) is 0 Å². The Morgan fingerprint density at radius 3 is 3.00 bits per heavy atom. The maximum atomic E-state index is 4.25. The first-order chi connectivity index (χ1) is 5.84. The van der Waals surface area contributed by atoms with Crippen LogP contribution in [0.1, 0.15) is 19.8 Å². The van der Waals surface area contributed by atoms with E-state index in [4.69, 9.17) is 0 Å². The number of rotatable bonds is 1. The highest BCUT2D eigenvalue weighted by Gasteiger charge is 2.06. The maximum absolute atomic E-state index is 4.25. The van der Waals surface area contributed by atoms with E-state index < -0.39 is 0 Å². The normalized spacial score (nSPS) is 20.1. The van der Waals surface area contributed by atoms with Crippen LogP contribution in [0.3, 0.4) is 0 Å². The van der Waals surface area contributed by atoms with Crippen LogP contribution in [0.2, 0.25) is 0 Å². The second kappa shape index (κ2) is 2.89. The zero-order valence-electron chi connectivity index (χ0n) is 6.94. The van der Waals surface area contributed by atoms with Crippen molar-refractivity contribution in [2.24, 2.45) is 5.10 Å². The summed E-state index contributed by atoms with van der Waals surface area (Å²) in [7, 11) is 0. The van der Waals surface area contributed by atoms with Gasteiger partial charge < -0.3 is 0 Å². The van der Waals surface area contributed by atoms with Crippen LogP contribution in [-0.2, 0) is 0 Å². The van der Waals surface area contributed by atoms with E-state index in [9.17, 15) is 0 Å². The van der Waals surface area contributed by atoms with E-state index in [-0.39, 0.29) is 0 Å².